The number of carbonyl (C=O) groups excluding carboxylic acids is 2. The second-order valence-electron chi connectivity index (χ2n) is 6.56. The lowest BCUT2D eigenvalue weighted by molar-refractivity contribution is -0.117. The summed E-state index contributed by atoms with van der Waals surface area (Å²) in [6, 6.07) is 9.03. The highest BCUT2D eigenvalue weighted by Gasteiger charge is 2.49. The highest BCUT2D eigenvalue weighted by molar-refractivity contribution is 5.97. The third kappa shape index (κ3) is 2.54. The molecule has 0 bridgehead atoms. The van der Waals surface area contributed by atoms with E-state index in [1.165, 1.54) is 0 Å². The van der Waals surface area contributed by atoms with Crippen molar-refractivity contribution < 1.29 is 9.59 Å². The van der Waals surface area contributed by atoms with Crippen molar-refractivity contribution in [3.8, 4) is 0 Å². The summed E-state index contributed by atoms with van der Waals surface area (Å²) in [7, 11) is 0. The zero-order chi connectivity index (χ0) is 16.6. The van der Waals surface area contributed by atoms with Crippen LogP contribution in [0.1, 0.15) is 23.2 Å². The fourth-order valence-electron chi connectivity index (χ4n) is 3.68. The summed E-state index contributed by atoms with van der Waals surface area (Å²) in [6.07, 6.45) is 6.27. The number of hydrogen-bond acceptors (Lipinski definition) is 4. The van der Waals surface area contributed by atoms with Crippen LogP contribution in [0.4, 0.5) is 5.82 Å². The molecule has 6 heteroatoms. The number of pyridine rings is 2. The molecule has 2 aliphatic rings. The second-order valence-corrected chi connectivity index (χ2v) is 6.56. The van der Waals surface area contributed by atoms with Crippen molar-refractivity contribution in [2.24, 2.45) is 5.41 Å². The third-order valence-electron chi connectivity index (χ3n) is 4.90. The molecule has 122 valence electrons. The van der Waals surface area contributed by atoms with Crippen LogP contribution in [0, 0.1) is 5.41 Å². The lowest BCUT2D eigenvalue weighted by Crippen LogP contribution is -2.34. The zero-order valence-electron chi connectivity index (χ0n) is 13.3. The quantitative estimate of drug-likeness (QED) is 0.845. The predicted octanol–water partition coefficient (Wildman–Crippen LogP) is 1.75. The first-order valence-corrected chi connectivity index (χ1v) is 8.08. The van der Waals surface area contributed by atoms with Gasteiger partial charge in [0.25, 0.3) is 5.91 Å². The molecule has 2 fully saturated rings. The SMILES string of the molecule is O=C(c1ccncc1)N1CC[C@@]2(CC(=O)N(c3ccccn3)C2)C1. The van der Waals surface area contributed by atoms with Crippen LogP contribution in [-0.2, 0) is 4.79 Å². The smallest absolute Gasteiger partial charge is 0.253 e. The average Bonchev–Trinajstić information content (AvgIpc) is 3.19. The number of aromatic nitrogens is 2. The minimum absolute atomic E-state index is 0.0120. The largest absolute Gasteiger partial charge is 0.338 e. The van der Waals surface area contributed by atoms with Gasteiger partial charge in [-0.05, 0) is 30.7 Å². The van der Waals surface area contributed by atoms with Gasteiger partial charge in [-0.1, -0.05) is 6.07 Å². The molecule has 2 aromatic rings. The Morgan fingerprint density at radius 2 is 1.92 bits per heavy atom. The topological polar surface area (TPSA) is 66.4 Å². The molecule has 2 aliphatic heterocycles. The summed E-state index contributed by atoms with van der Waals surface area (Å²) >= 11 is 0. The first-order chi connectivity index (χ1) is 11.7. The predicted molar refractivity (Wildman–Crippen MR) is 88.4 cm³/mol. The highest BCUT2D eigenvalue weighted by atomic mass is 16.2. The van der Waals surface area contributed by atoms with Crippen LogP contribution in [0.25, 0.3) is 0 Å². The van der Waals surface area contributed by atoms with Crippen LogP contribution in [-0.4, -0.2) is 46.3 Å². The first-order valence-electron chi connectivity index (χ1n) is 8.08. The zero-order valence-corrected chi connectivity index (χ0v) is 13.3. The second kappa shape index (κ2) is 5.70. The van der Waals surface area contributed by atoms with Gasteiger partial charge < -0.3 is 4.90 Å². The van der Waals surface area contributed by atoms with Gasteiger partial charge in [-0.3, -0.25) is 19.5 Å². The Bertz CT molecular complexity index is 765. The van der Waals surface area contributed by atoms with Gasteiger partial charge in [0.1, 0.15) is 5.82 Å². The molecule has 1 spiro atoms. The van der Waals surface area contributed by atoms with E-state index in [4.69, 9.17) is 0 Å². The van der Waals surface area contributed by atoms with E-state index in [0.29, 0.717) is 37.4 Å². The number of anilines is 1. The van der Waals surface area contributed by atoms with Gasteiger partial charge in [-0.25, -0.2) is 4.98 Å². The molecule has 24 heavy (non-hydrogen) atoms. The normalized spacial score (nSPS) is 23.2. The van der Waals surface area contributed by atoms with Crippen LogP contribution < -0.4 is 4.90 Å². The molecule has 6 nitrogen and oxygen atoms in total. The fourth-order valence-corrected chi connectivity index (χ4v) is 3.68. The van der Waals surface area contributed by atoms with Gasteiger partial charge in [-0.15, -0.1) is 0 Å². The van der Waals surface area contributed by atoms with E-state index in [0.717, 1.165) is 6.42 Å². The number of likely N-dealkylation sites (tertiary alicyclic amines) is 1. The molecule has 4 heterocycles. The van der Waals surface area contributed by atoms with Gasteiger partial charge in [0.05, 0.1) is 0 Å². The molecule has 2 saturated heterocycles. The number of hydrogen-bond donors (Lipinski definition) is 0. The molecule has 0 saturated carbocycles. The van der Waals surface area contributed by atoms with E-state index >= 15 is 0 Å². The molecule has 2 amide bonds. The van der Waals surface area contributed by atoms with Gasteiger partial charge in [0.2, 0.25) is 5.91 Å². The molecule has 4 rings (SSSR count). The molecular weight excluding hydrogens is 304 g/mol. The molecule has 2 aromatic heterocycles. The average molecular weight is 322 g/mol. The summed E-state index contributed by atoms with van der Waals surface area (Å²) in [5, 5.41) is 0. The van der Waals surface area contributed by atoms with Gasteiger partial charge in [-0.2, -0.15) is 0 Å². The Kier molecular flexibility index (Phi) is 3.52. The van der Waals surface area contributed by atoms with Crippen molar-refractivity contribution in [3.63, 3.8) is 0 Å². The van der Waals surface area contributed by atoms with Crippen LogP contribution >= 0.6 is 0 Å². The van der Waals surface area contributed by atoms with Crippen molar-refractivity contribution in [1.29, 1.82) is 0 Å². The van der Waals surface area contributed by atoms with E-state index < -0.39 is 0 Å². The molecule has 0 aromatic carbocycles. The summed E-state index contributed by atoms with van der Waals surface area (Å²) in [5.41, 5.74) is 0.491. The van der Waals surface area contributed by atoms with Crippen molar-refractivity contribution in [2.45, 2.75) is 12.8 Å². The van der Waals surface area contributed by atoms with Crippen molar-refractivity contribution >= 4 is 17.6 Å². The van der Waals surface area contributed by atoms with E-state index in [2.05, 4.69) is 9.97 Å². The summed E-state index contributed by atoms with van der Waals surface area (Å²) in [4.78, 5) is 36.9. The Morgan fingerprint density at radius 3 is 2.67 bits per heavy atom. The number of nitrogens with zero attached hydrogens (tertiary/aromatic N) is 4. The van der Waals surface area contributed by atoms with Crippen LogP contribution in [0.15, 0.2) is 48.9 Å². The molecule has 0 aliphatic carbocycles. The Balaban J connectivity index is 1.50. The molecule has 1 atom stereocenters. The van der Waals surface area contributed by atoms with Gasteiger partial charge in [0, 0.05) is 55.6 Å². The van der Waals surface area contributed by atoms with Crippen LogP contribution in [0.2, 0.25) is 0 Å². The summed E-state index contributed by atoms with van der Waals surface area (Å²) in [6.45, 7) is 1.93. The number of amides is 2. The van der Waals surface area contributed by atoms with Gasteiger partial charge >= 0.3 is 0 Å². The summed E-state index contributed by atoms with van der Waals surface area (Å²) in [5.74, 6) is 0.795. The van der Waals surface area contributed by atoms with Gasteiger partial charge in [0.15, 0.2) is 0 Å². The third-order valence-corrected chi connectivity index (χ3v) is 4.90. The Labute approximate surface area is 140 Å². The minimum atomic E-state index is -0.155. The lowest BCUT2D eigenvalue weighted by Gasteiger charge is -2.24. The van der Waals surface area contributed by atoms with E-state index in [1.807, 2.05) is 23.1 Å². The van der Waals surface area contributed by atoms with Crippen molar-refractivity contribution in [1.82, 2.24) is 14.9 Å². The standard InChI is InChI=1S/C18H18N4O2/c23-16-11-18(13-22(16)15-3-1-2-7-20-15)6-10-21(12-18)17(24)14-4-8-19-9-5-14/h1-5,7-9H,6,10-13H2/t18-/m1/s1. The first kappa shape index (κ1) is 14.8. The van der Waals surface area contributed by atoms with Crippen LogP contribution in [0.3, 0.4) is 0 Å². The van der Waals surface area contributed by atoms with Crippen LogP contribution in [0.5, 0.6) is 0 Å². The molecule has 0 radical (unpaired) electrons. The molecular formula is C18H18N4O2. The number of carbonyl (C=O) groups is 2. The van der Waals surface area contributed by atoms with E-state index in [9.17, 15) is 9.59 Å². The lowest BCUT2D eigenvalue weighted by atomic mass is 9.86. The molecule has 0 unspecified atom stereocenters. The minimum Gasteiger partial charge on any atom is -0.338 e. The summed E-state index contributed by atoms with van der Waals surface area (Å²) < 4.78 is 0. The van der Waals surface area contributed by atoms with Crippen molar-refractivity contribution in [2.75, 3.05) is 24.5 Å². The Hall–Kier alpha value is -2.76. The monoisotopic (exact) mass is 322 g/mol. The maximum absolute atomic E-state index is 12.6. The van der Waals surface area contributed by atoms with E-state index in [-0.39, 0.29) is 17.2 Å². The fraction of sp³-hybridized carbons (Fsp3) is 0.333. The maximum Gasteiger partial charge on any atom is 0.253 e. The molecule has 0 N–H and O–H groups in total. The maximum atomic E-state index is 12.6. The highest BCUT2D eigenvalue weighted by Crippen LogP contribution is 2.41. The number of rotatable bonds is 2. The Morgan fingerprint density at radius 1 is 1.08 bits per heavy atom. The van der Waals surface area contributed by atoms with E-state index in [1.54, 1.807) is 35.6 Å². The van der Waals surface area contributed by atoms with Crippen molar-refractivity contribution in [3.05, 3.63) is 54.5 Å².